The smallest absolute Gasteiger partial charge is 0.341 e. The third-order valence-corrected chi connectivity index (χ3v) is 4.84. The first kappa shape index (κ1) is 18.8. The number of rotatable bonds is 4. The summed E-state index contributed by atoms with van der Waals surface area (Å²) in [7, 11) is 1.81. The minimum absolute atomic E-state index is 0.0611. The molecule has 1 saturated heterocycles. The number of aromatic nitrogens is 4. The number of carboxylic acid groups (broad SMARTS) is 1. The summed E-state index contributed by atoms with van der Waals surface area (Å²) >= 11 is 0. The van der Waals surface area contributed by atoms with E-state index in [1.54, 1.807) is 23.2 Å². The number of pyridine rings is 2. The van der Waals surface area contributed by atoms with Crippen molar-refractivity contribution in [1.29, 1.82) is 0 Å². The lowest BCUT2D eigenvalue weighted by Gasteiger charge is -2.42. The van der Waals surface area contributed by atoms with Crippen LogP contribution in [0, 0.1) is 0 Å². The Kier molecular flexibility index (Phi) is 4.21. The van der Waals surface area contributed by atoms with Gasteiger partial charge in [0.05, 0.1) is 25.1 Å². The van der Waals surface area contributed by atoms with Crippen molar-refractivity contribution in [3.05, 3.63) is 46.8 Å². The van der Waals surface area contributed by atoms with E-state index in [1.165, 1.54) is 24.1 Å². The fraction of sp³-hybridized carbons (Fsp3) is 0.316. The zero-order valence-electron chi connectivity index (χ0n) is 15.8. The van der Waals surface area contributed by atoms with E-state index in [0.717, 1.165) is 4.57 Å². The maximum Gasteiger partial charge on any atom is 0.341 e. The molecule has 0 unspecified atom stereocenters. The highest BCUT2D eigenvalue weighted by molar-refractivity contribution is 5.93. The van der Waals surface area contributed by atoms with E-state index in [-0.39, 0.29) is 18.7 Å². The number of carbonyl (C=O) groups excluding carboxylic acids is 1. The number of alkyl halides is 1. The van der Waals surface area contributed by atoms with Crippen LogP contribution < -0.4 is 5.56 Å². The molecular weight excluding hydrogens is 381 g/mol. The number of aromatic carboxylic acids is 1. The number of aryl methyl sites for hydroxylation is 1. The number of carbonyl (C=O) groups is 2. The zero-order chi connectivity index (χ0) is 20.9. The van der Waals surface area contributed by atoms with Gasteiger partial charge in [0.15, 0.2) is 0 Å². The third-order valence-electron chi connectivity index (χ3n) is 4.84. The summed E-state index contributed by atoms with van der Waals surface area (Å²) in [6.45, 7) is 0.856. The lowest BCUT2D eigenvalue weighted by atomic mass is 9.99. The van der Waals surface area contributed by atoms with Crippen molar-refractivity contribution >= 4 is 22.9 Å². The van der Waals surface area contributed by atoms with Gasteiger partial charge in [-0.25, -0.2) is 19.2 Å². The highest BCUT2D eigenvalue weighted by Crippen LogP contribution is 2.25. The summed E-state index contributed by atoms with van der Waals surface area (Å²) in [6.07, 6.45) is 4.90. The minimum Gasteiger partial charge on any atom is -0.477 e. The number of hydrogen-bond donors (Lipinski definition) is 1. The van der Waals surface area contributed by atoms with Crippen LogP contribution in [0.25, 0.3) is 22.3 Å². The van der Waals surface area contributed by atoms with Crippen molar-refractivity contribution in [2.75, 3.05) is 13.1 Å². The lowest BCUT2D eigenvalue weighted by molar-refractivity contribution is -0.144. The molecule has 1 fully saturated rings. The monoisotopic (exact) mass is 399 g/mol. The summed E-state index contributed by atoms with van der Waals surface area (Å²) in [6, 6.07) is 2.91. The Bertz CT molecular complexity index is 1210. The number of imidazole rings is 1. The van der Waals surface area contributed by atoms with Crippen LogP contribution in [-0.2, 0) is 18.4 Å². The number of nitrogens with zero attached hydrogens (tertiary/aromatic N) is 5. The van der Waals surface area contributed by atoms with Crippen molar-refractivity contribution in [1.82, 2.24) is 24.0 Å². The van der Waals surface area contributed by atoms with Crippen LogP contribution in [0.2, 0.25) is 0 Å². The van der Waals surface area contributed by atoms with Crippen molar-refractivity contribution in [3.8, 4) is 11.3 Å². The van der Waals surface area contributed by atoms with E-state index < -0.39 is 35.2 Å². The summed E-state index contributed by atoms with van der Waals surface area (Å²) in [5, 5.41) is 9.80. The summed E-state index contributed by atoms with van der Waals surface area (Å²) in [5.41, 5.74) is -1.29. The molecule has 10 heteroatoms. The molecule has 0 aliphatic carbocycles. The van der Waals surface area contributed by atoms with Crippen molar-refractivity contribution in [2.24, 2.45) is 7.05 Å². The second-order valence-corrected chi connectivity index (χ2v) is 7.48. The fourth-order valence-corrected chi connectivity index (χ4v) is 3.43. The molecule has 0 radical (unpaired) electrons. The third kappa shape index (κ3) is 3.37. The van der Waals surface area contributed by atoms with Crippen molar-refractivity contribution < 1.29 is 19.1 Å². The molecular formula is C19H18FN5O4. The fourth-order valence-electron chi connectivity index (χ4n) is 3.43. The molecule has 1 N–H and O–H groups in total. The summed E-state index contributed by atoms with van der Waals surface area (Å²) < 4.78 is 16.5. The van der Waals surface area contributed by atoms with Crippen LogP contribution in [0.5, 0.6) is 0 Å². The lowest BCUT2D eigenvalue weighted by Crippen LogP contribution is -2.60. The first-order valence-electron chi connectivity index (χ1n) is 8.86. The van der Waals surface area contributed by atoms with E-state index in [4.69, 9.17) is 0 Å². The molecule has 3 aromatic heterocycles. The number of likely N-dealkylation sites (tertiary alicyclic amines) is 1. The van der Waals surface area contributed by atoms with Gasteiger partial charge in [-0.05, 0) is 19.1 Å². The molecule has 1 amide bonds. The molecule has 0 aromatic carbocycles. The summed E-state index contributed by atoms with van der Waals surface area (Å²) in [5.74, 6) is -1.87. The number of amides is 1. The van der Waals surface area contributed by atoms with Gasteiger partial charge >= 0.3 is 5.97 Å². The normalized spacial score (nSPS) is 15.3. The van der Waals surface area contributed by atoms with Gasteiger partial charge in [-0.2, -0.15) is 0 Å². The Morgan fingerprint density at radius 1 is 1.28 bits per heavy atom. The molecule has 0 bridgehead atoms. The maximum absolute atomic E-state index is 13.7. The number of carboxylic acids is 1. The molecule has 4 rings (SSSR count). The first-order valence-corrected chi connectivity index (χ1v) is 8.86. The molecule has 0 saturated carbocycles. The Morgan fingerprint density at radius 3 is 2.59 bits per heavy atom. The van der Waals surface area contributed by atoms with Crippen LogP contribution in [0.15, 0.2) is 35.6 Å². The number of halogens is 1. The van der Waals surface area contributed by atoms with E-state index >= 15 is 0 Å². The van der Waals surface area contributed by atoms with Gasteiger partial charge in [0, 0.05) is 30.4 Å². The molecule has 0 atom stereocenters. The van der Waals surface area contributed by atoms with Gasteiger partial charge in [0.2, 0.25) is 5.91 Å². The van der Waals surface area contributed by atoms with Crippen molar-refractivity contribution in [2.45, 2.75) is 19.1 Å². The Balaban J connectivity index is 1.79. The Hall–Kier alpha value is -3.56. The summed E-state index contributed by atoms with van der Waals surface area (Å²) in [4.78, 5) is 46.5. The minimum atomic E-state index is -1.44. The quantitative estimate of drug-likeness (QED) is 0.703. The van der Waals surface area contributed by atoms with Crippen molar-refractivity contribution in [3.63, 3.8) is 0 Å². The van der Waals surface area contributed by atoms with Gasteiger partial charge in [-0.15, -0.1) is 0 Å². The van der Waals surface area contributed by atoms with Gasteiger partial charge in [0.1, 0.15) is 23.4 Å². The zero-order valence-corrected chi connectivity index (χ0v) is 15.8. The standard InChI is InChI=1S/C19H18FN5O4/c1-19(20)8-24(9-19)15(26)7-25-16-11(4-13(17(25)27)18(28)29)3-12(5-21-16)14-6-23(2)10-22-14/h3-6,10H,7-9H2,1-2H3,(H,28,29). The van der Waals surface area contributed by atoms with Crippen LogP contribution >= 0.6 is 0 Å². The highest BCUT2D eigenvalue weighted by atomic mass is 19.1. The van der Waals surface area contributed by atoms with Crippen LogP contribution in [0.4, 0.5) is 4.39 Å². The highest BCUT2D eigenvalue weighted by Gasteiger charge is 2.41. The topological polar surface area (TPSA) is 110 Å². The SMILES string of the molecule is Cn1cnc(-c2cnc3c(c2)cc(C(=O)O)c(=O)n3CC(=O)N2CC(C)(F)C2)c1. The van der Waals surface area contributed by atoms with Crippen LogP contribution in [0.1, 0.15) is 17.3 Å². The molecule has 9 nitrogen and oxygen atoms in total. The van der Waals surface area contributed by atoms with E-state index in [2.05, 4.69) is 9.97 Å². The predicted octanol–water partition coefficient (Wildman–Crippen LogP) is 1.07. The molecule has 0 spiro atoms. The number of fused-ring (bicyclic) bond motifs is 1. The molecule has 1 aliphatic heterocycles. The van der Waals surface area contributed by atoms with E-state index in [0.29, 0.717) is 16.6 Å². The average molecular weight is 399 g/mol. The average Bonchev–Trinajstić information content (AvgIpc) is 3.07. The second kappa shape index (κ2) is 6.50. The largest absolute Gasteiger partial charge is 0.477 e. The molecule has 4 heterocycles. The molecule has 1 aliphatic rings. The van der Waals surface area contributed by atoms with Gasteiger partial charge in [0.25, 0.3) is 5.56 Å². The molecule has 29 heavy (non-hydrogen) atoms. The Morgan fingerprint density at radius 2 is 2.00 bits per heavy atom. The predicted molar refractivity (Wildman–Crippen MR) is 101 cm³/mol. The van der Waals surface area contributed by atoms with Gasteiger partial charge < -0.3 is 14.6 Å². The molecule has 150 valence electrons. The van der Waals surface area contributed by atoms with Crippen LogP contribution in [0.3, 0.4) is 0 Å². The number of hydrogen-bond acceptors (Lipinski definition) is 5. The van der Waals surface area contributed by atoms with E-state index in [9.17, 15) is 23.9 Å². The van der Waals surface area contributed by atoms with Crippen LogP contribution in [-0.4, -0.2) is 59.7 Å². The first-order chi connectivity index (χ1) is 13.6. The maximum atomic E-state index is 13.7. The van der Waals surface area contributed by atoms with E-state index in [1.807, 2.05) is 7.05 Å². The van der Waals surface area contributed by atoms with Gasteiger partial charge in [-0.3, -0.25) is 14.2 Å². The second-order valence-electron chi connectivity index (χ2n) is 7.48. The van der Waals surface area contributed by atoms with Gasteiger partial charge in [-0.1, -0.05) is 0 Å². The molecule has 3 aromatic rings. The Labute approximate surface area is 164 Å².